The number of carboxylic acids is 1. The van der Waals surface area contributed by atoms with Crippen molar-refractivity contribution < 1.29 is 23.4 Å². The Bertz CT molecular complexity index is 610. The molecule has 0 aromatic heterocycles. The number of nitrogens with one attached hydrogen (secondary N) is 1. The molecule has 0 heterocycles. The van der Waals surface area contributed by atoms with Crippen molar-refractivity contribution in [3.05, 3.63) is 28.2 Å². The molecule has 0 spiro atoms. The molecule has 0 saturated heterocycles. The predicted octanol–water partition coefficient (Wildman–Crippen LogP) is 0.949. The number of hydrogen-bond donors (Lipinski definition) is 3. The van der Waals surface area contributed by atoms with Crippen molar-refractivity contribution in [2.24, 2.45) is 0 Å². The van der Waals surface area contributed by atoms with Crippen molar-refractivity contribution in [3.8, 4) is 0 Å². The molecule has 0 aliphatic heterocycles. The molecule has 0 radical (unpaired) electrons. The highest BCUT2D eigenvalue weighted by Crippen LogP contribution is 2.26. The molecular weight excluding hydrogens is 338 g/mol. The number of hydrogen-bond acceptors (Lipinski definition) is 4. The first-order valence-electron chi connectivity index (χ1n) is 5.53. The molecule has 1 aromatic carbocycles. The summed E-state index contributed by atoms with van der Waals surface area (Å²) in [6, 6.07) is 3.50. The summed E-state index contributed by atoms with van der Waals surface area (Å²) in [6.07, 6.45) is 0.270. The summed E-state index contributed by atoms with van der Waals surface area (Å²) in [6.45, 7) is 0. The maximum atomic E-state index is 12.1. The second-order valence-electron chi connectivity index (χ2n) is 4.39. The molecule has 0 amide bonds. The second kappa shape index (κ2) is 5.20. The molecule has 0 bridgehead atoms. The fourth-order valence-electron chi connectivity index (χ4n) is 1.81. The summed E-state index contributed by atoms with van der Waals surface area (Å²) in [7, 11) is -3.80. The Hall–Kier alpha value is -0.960. The van der Waals surface area contributed by atoms with Crippen LogP contribution < -0.4 is 4.72 Å². The van der Waals surface area contributed by atoms with E-state index in [0.717, 1.165) is 6.07 Å². The summed E-state index contributed by atoms with van der Waals surface area (Å²) in [5.41, 5.74) is -0.0998. The van der Waals surface area contributed by atoms with Crippen LogP contribution in [0.15, 0.2) is 27.6 Å². The maximum Gasteiger partial charge on any atom is 0.335 e. The third kappa shape index (κ3) is 3.14. The molecule has 6 nitrogen and oxygen atoms in total. The highest BCUT2D eigenvalue weighted by Gasteiger charge is 2.32. The number of carboxylic acid groups (broad SMARTS) is 1. The van der Waals surface area contributed by atoms with Gasteiger partial charge in [0.2, 0.25) is 10.0 Å². The van der Waals surface area contributed by atoms with E-state index in [4.69, 9.17) is 10.2 Å². The van der Waals surface area contributed by atoms with Crippen molar-refractivity contribution in [2.75, 3.05) is 0 Å². The number of halogens is 1. The Morgan fingerprint density at radius 2 is 2.00 bits per heavy atom. The van der Waals surface area contributed by atoms with Crippen LogP contribution in [0.2, 0.25) is 0 Å². The molecule has 8 heteroatoms. The zero-order valence-electron chi connectivity index (χ0n) is 9.71. The number of rotatable bonds is 4. The van der Waals surface area contributed by atoms with E-state index in [1.165, 1.54) is 12.1 Å². The van der Waals surface area contributed by atoms with Gasteiger partial charge in [-0.25, -0.2) is 17.9 Å². The van der Waals surface area contributed by atoms with Crippen LogP contribution in [0, 0.1) is 0 Å². The van der Waals surface area contributed by atoms with E-state index in [1.54, 1.807) is 0 Å². The van der Waals surface area contributed by atoms with Gasteiger partial charge < -0.3 is 10.2 Å². The van der Waals surface area contributed by atoms with Crippen molar-refractivity contribution in [3.63, 3.8) is 0 Å². The highest BCUT2D eigenvalue weighted by molar-refractivity contribution is 9.10. The molecule has 1 aliphatic carbocycles. The molecule has 1 fully saturated rings. The van der Waals surface area contributed by atoms with Gasteiger partial charge in [0.25, 0.3) is 0 Å². The Labute approximate surface area is 118 Å². The standard InChI is InChI=1S/C11H12BrNO5S/c12-9-2-1-6(11(15)16)3-10(9)19(17,18)13-7-4-8(14)5-7/h1-3,7-8,13-14H,4-5H2,(H,15,16). The number of aliphatic hydroxyl groups is 1. The van der Waals surface area contributed by atoms with Gasteiger partial charge in [0.1, 0.15) is 0 Å². The van der Waals surface area contributed by atoms with E-state index in [0.29, 0.717) is 17.3 Å². The largest absolute Gasteiger partial charge is 0.478 e. The fraction of sp³-hybridized carbons (Fsp3) is 0.364. The molecule has 1 saturated carbocycles. The van der Waals surface area contributed by atoms with Gasteiger partial charge in [-0.05, 0) is 47.0 Å². The van der Waals surface area contributed by atoms with E-state index in [9.17, 15) is 13.2 Å². The van der Waals surface area contributed by atoms with Crippen LogP contribution in [0.1, 0.15) is 23.2 Å². The third-order valence-electron chi connectivity index (χ3n) is 2.90. The van der Waals surface area contributed by atoms with Crippen LogP contribution in [-0.2, 0) is 10.0 Å². The molecule has 19 heavy (non-hydrogen) atoms. The van der Waals surface area contributed by atoms with E-state index in [-0.39, 0.29) is 16.5 Å². The van der Waals surface area contributed by atoms with E-state index in [1.807, 2.05) is 0 Å². The first-order valence-corrected chi connectivity index (χ1v) is 7.80. The van der Waals surface area contributed by atoms with Crippen LogP contribution in [-0.4, -0.2) is 36.7 Å². The smallest absolute Gasteiger partial charge is 0.335 e. The fourth-order valence-corrected chi connectivity index (χ4v) is 4.06. The molecule has 0 unspecified atom stereocenters. The first-order chi connectivity index (χ1) is 8.79. The van der Waals surface area contributed by atoms with E-state index < -0.39 is 22.1 Å². The zero-order valence-corrected chi connectivity index (χ0v) is 12.1. The number of sulfonamides is 1. The van der Waals surface area contributed by atoms with Gasteiger partial charge in [-0.2, -0.15) is 0 Å². The van der Waals surface area contributed by atoms with Gasteiger partial charge in [0.15, 0.2) is 0 Å². The van der Waals surface area contributed by atoms with Crippen LogP contribution in [0.25, 0.3) is 0 Å². The molecule has 0 atom stereocenters. The van der Waals surface area contributed by atoms with Crippen LogP contribution in [0.4, 0.5) is 0 Å². The third-order valence-corrected chi connectivity index (χ3v) is 5.42. The molecule has 1 aliphatic rings. The minimum atomic E-state index is -3.80. The topological polar surface area (TPSA) is 104 Å². The van der Waals surface area contributed by atoms with Crippen LogP contribution in [0.3, 0.4) is 0 Å². The van der Waals surface area contributed by atoms with Gasteiger partial charge >= 0.3 is 5.97 Å². The Kier molecular flexibility index (Phi) is 3.95. The minimum absolute atomic E-state index is 0.0998. The van der Waals surface area contributed by atoms with Crippen molar-refractivity contribution in [1.82, 2.24) is 4.72 Å². The quantitative estimate of drug-likeness (QED) is 0.750. The molecule has 3 N–H and O–H groups in total. The lowest BCUT2D eigenvalue weighted by molar-refractivity contribution is 0.0695. The van der Waals surface area contributed by atoms with Crippen molar-refractivity contribution >= 4 is 31.9 Å². The minimum Gasteiger partial charge on any atom is -0.478 e. The zero-order chi connectivity index (χ0) is 14.2. The molecule has 104 valence electrons. The maximum absolute atomic E-state index is 12.1. The molecule has 1 aromatic rings. The number of carbonyl (C=O) groups is 1. The highest BCUT2D eigenvalue weighted by atomic mass is 79.9. The Morgan fingerprint density at radius 3 is 2.53 bits per heavy atom. The number of aromatic carboxylic acids is 1. The molecule has 2 rings (SSSR count). The lowest BCUT2D eigenvalue weighted by Gasteiger charge is -2.31. The van der Waals surface area contributed by atoms with Gasteiger partial charge in [-0.15, -0.1) is 0 Å². The number of aliphatic hydroxyl groups excluding tert-OH is 1. The number of benzene rings is 1. The summed E-state index contributed by atoms with van der Waals surface area (Å²) < 4.78 is 27.0. The van der Waals surface area contributed by atoms with Crippen LogP contribution in [0.5, 0.6) is 0 Å². The second-order valence-corrected chi connectivity index (χ2v) is 6.93. The summed E-state index contributed by atoms with van der Waals surface area (Å²) >= 11 is 3.10. The van der Waals surface area contributed by atoms with Crippen molar-refractivity contribution in [2.45, 2.75) is 29.9 Å². The summed E-state index contributed by atoms with van der Waals surface area (Å²) in [5, 5.41) is 18.0. The lowest BCUT2D eigenvalue weighted by Crippen LogP contribution is -2.46. The van der Waals surface area contributed by atoms with Gasteiger partial charge in [0.05, 0.1) is 16.6 Å². The van der Waals surface area contributed by atoms with Crippen LogP contribution >= 0.6 is 15.9 Å². The Balaban J connectivity index is 2.29. The lowest BCUT2D eigenvalue weighted by atomic mass is 9.91. The van der Waals surface area contributed by atoms with E-state index >= 15 is 0 Å². The SMILES string of the molecule is O=C(O)c1ccc(Br)c(S(=O)(=O)NC2CC(O)C2)c1. The average molecular weight is 350 g/mol. The summed E-state index contributed by atoms with van der Waals surface area (Å²) in [5.74, 6) is -1.19. The van der Waals surface area contributed by atoms with Gasteiger partial charge in [0, 0.05) is 10.5 Å². The summed E-state index contributed by atoms with van der Waals surface area (Å²) in [4.78, 5) is 10.7. The van der Waals surface area contributed by atoms with E-state index in [2.05, 4.69) is 20.7 Å². The average Bonchev–Trinajstić information content (AvgIpc) is 2.26. The van der Waals surface area contributed by atoms with Gasteiger partial charge in [-0.1, -0.05) is 0 Å². The predicted molar refractivity (Wildman–Crippen MR) is 70.5 cm³/mol. The Morgan fingerprint density at radius 1 is 1.37 bits per heavy atom. The first kappa shape index (κ1) is 14.4. The normalized spacial score (nSPS) is 22.8. The monoisotopic (exact) mass is 349 g/mol. The van der Waals surface area contributed by atoms with Gasteiger partial charge in [-0.3, -0.25) is 0 Å². The van der Waals surface area contributed by atoms with Crippen molar-refractivity contribution in [1.29, 1.82) is 0 Å². The molecular formula is C11H12BrNO5S.